The van der Waals surface area contributed by atoms with Crippen molar-refractivity contribution in [3.63, 3.8) is 0 Å². The third-order valence-corrected chi connectivity index (χ3v) is 1.63. The van der Waals surface area contributed by atoms with Crippen LogP contribution in [0.15, 0.2) is 30.3 Å². The summed E-state index contributed by atoms with van der Waals surface area (Å²) in [5.41, 5.74) is 0.629. The molecule has 1 aromatic rings. The average Bonchev–Trinajstić information content (AvgIpc) is 2.19. The Morgan fingerprint density at radius 3 is 2.62 bits per heavy atom. The molecule has 0 aromatic heterocycles. The van der Waals surface area contributed by atoms with Crippen LogP contribution in [0.2, 0.25) is 0 Å². The molecule has 0 heterocycles. The van der Waals surface area contributed by atoms with Gasteiger partial charge in [-0.25, -0.2) is 0 Å². The van der Waals surface area contributed by atoms with E-state index in [9.17, 15) is 4.79 Å². The van der Waals surface area contributed by atoms with Crippen molar-refractivity contribution in [1.29, 1.82) is 0 Å². The highest BCUT2D eigenvalue weighted by Gasteiger charge is 2.05. The number of nitrogens with one attached hydrogen (secondary N) is 1. The van der Waals surface area contributed by atoms with Crippen LogP contribution >= 0.6 is 0 Å². The number of carbonyl (C=O) groups is 1. The molecule has 2 nitrogen and oxygen atoms in total. The van der Waals surface area contributed by atoms with E-state index >= 15 is 0 Å². The molecule has 0 aliphatic carbocycles. The highest BCUT2D eigenvalue weighted by molar-refractivity contribution is 5.94. The molecule has 1 N–H and O–H groups in total. The predicted molar refractivity (Wildman–Crippen MR) is 52.2 cm³/mol. The van der Waals surface area contributed by atoms with Crippen molar-refractivity contribution in [2.45, 2.75) is 13.0 Å². The zero-order chi connectivity index (χ0) is 9.68. The van der Waals surface area contributed by atoms with E-state index in [0.29, 0.717) is 5.56 Å². The van der Waals surface area contributed by atoms with Gasteiger partial charge in [-0.05, 0) is 19.1 Å². The van der Waals surface area contributed by atoms with Crippen LogP contribution < -0.4 is 5.32 Å². The second-order valence-electron chi connectivity index (χ2n) is 2.73. The number of hydrogen-bond donors (Lipinski definition) is 1. The summed E-state index contributed by atoms with van der Waals surface area (Å²) in [6, 6.07) is 8.76. The van der Waals surface area contributed by atoms with Gasteiger partial charge >= 0.3 is 0 Å². The van der Waals surface area contributed by atoms with Crippen LogP contribution in [0, 0.1) is 12.3 Å². The van der Waals surface area contributed by atoms with Gasteiger partial charge in [0, 0.05) is 5.56 Å². The maximum absolute atomic E-state index is 11.4. The molecule has 66 valence electrons. The lowest BCUT2D eigenvalue weighted by atomic mass is 10.2. The van der Waals surface area contributed by atoms with Crippen LogP contribution in [0.5, 0.6) is 0 Å². The summed E-state index contributed by atoms with van der Waals surface area (Å²) >= 11 is 0. The molecule has 2 heteroatoms. The minimum absolute atomic E-state index is 0.133. The van der Waals surface area contributed by atoms with E-state index in [1.165, 1.54) is 0 Å². The summed E-state index contributed by atoms with van der Waals surface area (Å²) in [5.74, 6) is 2.30. The molecule has 0 saturated heterocycles. The van der Waals surface area contributed by atoms with Crippen LogP contribution in [-0.2, 0) is 0 Å². The van der Waals surface area contributed by atoms with Crippen molar-refractivity contribution in [3.8, 4) is 12.3 Å². The van der Waals surface area contributed by atoms with Gasteiger partial charge in [0.2, 0.25) is 0 Å². The van der Waals surface area contributed by atoms with Gasteiger partial charge in [-0.2, -0.15) is 0 Å². The van der Waals surface area contributed by atoms with Gasteiger partial charge in [-0.3, -0.25) is 4.79 Å². The first kappa shape index (κ1) is 9.34. The number of carbonyl (C=O) groups excluding carboxylic acids is 1. The highest BCUT2D eigenvalue weighted by Crippen LogP contribution is 1.98. The number of terminal acetylenes is 1. The number of rotatable bonds is 2. The Hall–Kier alpha value is -1.75. The van der Waals surface area contributed by atoms with Crippen LogP contribution in [-0.4, -0.2) is 11.9 Å². The van der Waals surface area contributed by atoms with Crippen molar-refractivity contribution >= 4 is 5.91 Å². The fourth-order valence-electron chi connectivity index (χ4n) is 0.911. The Kier molecular flexibility index (Phi) is 3.10. The number of amides is 1. The van der Waals surface area contributed by atoms with Gasteiger partial charge < -0.3 is 5.32 Å². The molecule has 0 fully saturated rings. The second-order valence-corrected chi connectivity index (χ2v) is 2.73. The first-order chi connectivity index (χ1) is 6.24. The largest absolute Gasteiger partial charge is 0.339 e. The molecule has 1 rings (SSSR count). The lowest BCUT2D eigenvalue weighted by Gasteiger charge is -2.06. The maximum atomic E-state index is 11.4. The van der Waals surface area contributed by atoms with E-state index in [-0.39, 0.29) is 11.9 Å². The van der Waals surface area contributed by atoms with E-state index in [4.69, 9.17) is 6.42 Å². The molecule has 1 atom stereocenters. The minimum Gasteiger partial charge on any atom is -0.339 e. The monoisotopic (exact) mass is 173 g/mol. The fraction of sp³-hybridized carbons (Fsp3) is 0.182. The average molecular weight is 173 g/mol. The molecule has 1 amide bonds. The van der Waals surface area contributed by atoms with E-state index in [0.717, 1.165) is 0 Å². The van der Waals surface area contributed by atoms with Gasteiger partial charge in [0.1, 0.15) is 0 Å². The first-order valence-electron chi connectivity index (χ1n) is 4.06. The smallest absolute Gasteiger partial charge is 0.252 e. The molecule has 0 saturated carbocycles. The summed E-state index contributed by atoms with van der Waals surface area (Å²) < 4.78 is 0. The summed E-state index contributed by atoms with van der Waals surface area (Å²) in [6.07, 6.45) is 5.13. The van der Waals surface area contributed by atoms with Crippen LogP contribution in [0.1, 0.15) is 17.3 Å². The van der Waals surface area contributed by atoms with Gasteiger partial charge in [-0.15, -0.1) is 6.42 Å². The van der Waals surface area contributed by atoms with Gasteiger partial charge in [0.25, 0.3) is 5.91 Å². The van der Waals surface area contributed by atoms with E-state index in [2.05, 4.69) is 11.2 Å². The number of hydrogen-bond acceptors (Lipinski definition) is 1. The second kappa shape index (κ2) is 4.32. The summed E-state index contributed by atoms with van der Waals surface area (Å²) in [6.45, 7) is 1.76. The SMILES string of the molecule is C#C[C@@H](C)NC(=O)c1ccccc1. The lowest BCUT2D eigenvalue weighted by Crippen LogP contribution is -2.31. The Morgan fingerprint density at radius 1 is 1.46 bits per heavy atom. The Balaban J connectivity index is 2.66. The molecule has 0 unspecified atom stereocenters. The molecule has 0 aliphatic heterocycles. The molecule has 13 heavy (non-hydrogen) atoms. The Morgan fingerprint density at radius 2 is 2.08 bits per heavy atom. The summed E-state index contributed by atoms with van der Waals surface area (Å²) in [4.78, 5) is 11.4. The summed E-state index contributed by atoms with van der Waals surface area (Å²) in [5, 5.41) is 2.67. The van der Waals surface area contributed by atoms with Gasteiger partial charge in [0.05, 0.1) is 6.04 Å². The molecule has 0 radical (unpaired) electrons. The third kappa shape index (κ3) is 2.64. The third-order valence-electron chi connectivity index (χ3n) is 1.63. The van der Waals surface area contributed by atoms with E-state index < -0.39 is 0 Å². The maximum Gasteiger partial charge on any atom is 0.252 e. The molecular formula is C11H11NO. The summed E-state index contributed by atoms with van der Waals surface area (Å²) in [7, 11) is 0. The van der Waals surface area contributed by atoms with Crippen molar-refractivity contribution in [2.24, 2.45) is 0 Å². The molecular weight excluding hydrogens is 162 g/mol. The van der Waals surface area contributed by atoms with Crippen LogP contribution in [0.3, 0.4) is 0 Å². The van der Waals surface area contributed by atoms with Crippen molar-refractivity contribution in [1.82, 2.24) is 5.32 Å². The molecule has 0 spiro atoms. The lowest BCUT2D eigenvalue weighted by molar-refractivity contribution is 0.0948. The fourth-order valence-corrected chi connectivity index (χ4v) is 0.911. The molecule has 0 bridgehead atoms. The Labute approximate surface area is 78.0 Å². The van der Waals surface area contributed by atoms with Gasteiger partial charge in [0.15, 0.2) is 0 Å². The van der Waals surface area contributed by atoms with Crippen molar-refractivity contribution in [2.75, 3.05) is 0 Å². The molecule has 0 aliphatic rings. The van der Waals surface area contributed by atoms with Crippen LogP contribution in [0.25, 0.3) is 0 Å². The zero-order valence-corrected chi connectivity index (χ0v) is 7.45. The normalized spacial score (nSPS) is 11.4. The van der Waals surface area contributed by atoms with Crippen LogP contribution in [0.4, 0.5) is 0 Å². The Bertz CT molecular complexity index is 324. The van der Waals surface area contributed by atoms with Gasteiger partial charge in [-0.1, -0.05) is 24.1 Å². The highest BCUT2D eigenvalue weighted by atomic mass is 16.1. The van der Waals surface area contributed by atoms with E-state index in [1.807, 2.05) is 18.2 Å². The minimum atomic E-state index is -0.229. The predicted octanol–water partition coefficient (Wildman–Crippen LogP) is 1.44. The number of benzene rings is 1. The van der Waals surface area contributed by atoms with E-state index in [1.54, 1.807) is 19.1 Å². The standard InChI is InChI=1S/C11H11NO/c1-3-9(2)12-11(13)10-7-5-4-6-8-10/h1,4-9H,2H3,(H,12,13)/t9-/m1/s1. The van der Waals surface area contributed by atoms with Crippen molar-refractivity contribution in [3.05, 3.63) is 35.9 Å². The molecule has 1 aromatic carbocycles. The topological polar surface area (TPSA) is 29.1 Å². The van der Waals surface area contributed by atoms with Crippen molar-refractivity contribution < 1.29 is 4.79 Å². The first-order valence-corrected chi connectivity index (χ1v) is 4.06. The quantitative estimate of drug-likeness (QED) is 0.673. The zero-order valence-electron chi connectivity index (χ0n) is 7.45.